The molecule has 1 aliphatic carbocycles. The molecular formula is C17H23F2I. The Labute approximate surface area is 134 Å². The summed E-state index contributed by atoms with van der Waals surface area (Å²) >= 11 is 1.73. The van der Waals surface area contributed by atoms with Crippen molar-refractivity contribution < 1.29 is 8.78 Å². The quantitative estimate of drug-likeness (QED) is 0.308. The van der Waals surface area contributed by atoms with Crippen LogP contribution in [0.15, 0.2) is 12.1 Å². The zero-order valence-corrected chi connectivity index (χ0v) is 14.3. The third-order valence-electron chi connectivity index (χ3n) is 4.54. The van der Waals surface area contributed by atoms with Crippen molar-refractivity contribution >= 4 is 22.6 Å². The number of hydrogen-bond donors (Lipinski definition) is 0. The molecule has 0 nitrogen and oxygen atoms in total. The average Bonchev–Trinajstić information content (AvgIpc) is 2.45. The topological polar surface area (TPSA) is 0 Å². The monoisotopic (exact) mass is 392 g/mol. The molecule has 20 heavy (non-hydrogen) atoms. The molecule has 0 N–H and O–H groups in total. The second-order valence-corrected chi connectivity index (χ2v) is 7.09. The summed E-state index contributed by atoms with van der Waals surface area (Å²) in [4.78, 5) is 0. The van der Waals surface area contributed by atoms with E-state index in [-0.39, 0.29) is 3.57 Å². The highest BCUT2D eigenvalue weighted by molar-refractivity contribution is 14.1. The lowest BCUT2D eigenvalue weighted by Crippen LogP contribution is -2.14. The predicted octanol–water partition coefficient (Wildman–Crippen LogP) is 6.42. The van der Waals surface area contributed by atoms with Gasteiger partial charge < -0.3 is 0 Å². The van der Waals surface area contributed by atoms with Crippen LogP contribution >= 0.6 is 22.6 Å². The van der Waals surface area contributed by atoms with Crippen LogP contribution in [-0.2, 0) is 0 Å². The van der Waals surface area contributed by atoms with Gasteiger partial charge in [-0.2, -0.15) is 0 Å². The second kappa shape index (κ2) is 7.71. The fourth-order valence-corrected chi connectivity index (χ4v) is 3.59. The standard InChI is InChI=1S/C17H23F2I/c1-2-3-4-5-12-6-8-13(9-7-12)14-10-15(18)17(20)16(19)11-14/h10-13H,2-9H2,1H3/t12-,13-. The lowest BCUT2D eigenvalue weighted by atomic mass is 9.77. The lowest BCUT2D eigenvalue weighted by molar-refractivity contribution is 0.302. The molecule has 0 amide bonds. The van der Waals surface area contributed by atoms with Gasteiger partial charge in [0.25, 0.3) is 0 Å². The van der Waals surface area contributed by atoms with Crippen LogP contribution in [-0.4, -0.2) is 0 Å². The van der Waals surface area contributed by atoms with E-state index in [4.69, 9.17) is 0 Å². The van der Waals surface area contributed by atoms with Gasteiger partial charge >= 0.3 is 0 Å². The van der Waals surface area contributed by atoms with Gasteiger partial charge in [0.1, 0.15) is 11.6 Å². The Morgan fingerprint density at radius 1 is 1.05 bits per heavy atom. The fraction of sp³-hybridized carbons (Fsp3) is 0.647. The van der Waals surface area contributed by atoms with Gasteiger partial charge in [0, 0.05) is 0 Å². The SMILES string of the molecule is CCCCC[C@H]1CC[C@H](c2cc(F)c(I)c(F)c2)CC1. The van der Waals surface area contributed by atoms with Crippen molar-refractivity contribution in [3.8, 4) is 0 Å². The van der Waals surface area contributed by atoms with Crippen LogP contribution in [0.25, 0.3) is 0 Å². The van der Waals surface area contributed by atoms with Crippen LogP contribution < -0.4 is 0 Å². The molecule has 1 aliphatic rings. The van der Waals surface area contributed by atoms with Gasteiger partial charge in [0.15, 0.2) is 0 Å². The number of hydrogen-bond acceptors (Lipinski definition) is 0. The molecule has 1 fully saturated rings. The minimum Gasteiger partial charge on any atom is -0.206 e. The summed E-state index contributed by atoms with van der Waals surface area (Å²) in [6, 6.07) is 3.07. The zero-order valence-electron chi connectivity index (χ0n) is 12.1. The van der Waals surface area contributed by atoms with Gasteiger partial charge in [0.05, 0.1) is 3.57 Å². The Balaban J connectivity index is 1.90. The molecule has 3 heteroatoms. The smallest absolute Gasteiger partial charge is 0.139 e. The van der Waals surface area contributed by atoms with Crippen molar-refractivity contribution in [1.82, 2.24) is 0 Å². The molecule has 2 rings (SSSR count). The van der Waals surface area contributed by atoms with E-state index in [9.17, 15) is 8.78 Å². The Morgan fingerprint density at radius 3 is 2.20 bits per heavy atom. The van der Waals surface area contributed by atoms with Gasteiger partial charge in [-0.3, -0.25) is 0 Å². The summed E-state index contributed by atoms with van der Waals surface area (Å²) in [5.74, 6) is 0.353. The fourth-order valence-electron chi connectivity index (χ4n) is 3.28. The molecule has 0 saturated heterocycles. The molecule has 1 aromatic rings. The average molecular weight is 392 g/mol. The molecule has 112 valence electrons. The van der Waals surface area contributed by atoms with Crippen molar-refractivity contribution in [2.75, 3.05) is 0 Å². The predicted molar refractivity (Wildman–Crippen MR) is 87.9 cm³/mol. The largest absolute Gasteiger partial charge is 0.206 e. The highest BCUT2D eigenvalue weighted by Crippen LogP contribution is 2.38. The van der Waals surface area contributed by atoms with Crippen molar-refractivity contribution in [3.63, 3.8) is 0 Å². The van der Waals surface area contributed by atoms with Crippen molar-refractivity contribution in [2.45, 2.75) is 64.2 Å². The maximum atomic E-state index is 13.6. The van der Waals surface area contributed by atoms with Crippen LogP contribution in [0.3, 0.4) is 0 Å². The van der Waals surface area contributed by atoms with Crippen LogP contribution in [0.2, 0.25) is 0 Å². The minimum atomic E-state index is -0.411. The Morgan fingerprint density at radius 2 is 1.65 bits per heavy atom. The lowest BCUT2D eigenvalue weighted by Gasteiger charge is -2.29. The summed E-state index contributed by atoms with van der Waals surface area (Å²) in [6.45, 7) is 2.23. The van der Waals surface area contributed by atoms with Crippen molar-refractivity contribution in [3.05, 3.63) is 32.9 Å². The summed E-state index contributed by atoms with van der Waals surface area (Å²) in [5, 5.41) is 0. The number of rotatable bonds is 5. The molecule has 1 aromatic carbocycles. The van der Waals surface area contributed by atoms with E-state index in [1.807, 2.05) is 0 Å². The molecule has 0 radical (unpaired) electrons. The Bertz CT molecular complexity index is 414. The van der Waals surface area contributed by atoms with Gasteiger partial charge in [-0.15, -0.1) is 0 Å². The van der Waals surface area contributed by atoms with Crippen LogP contribution in [0, 0.1) is 21.1 Å². The van der Waals surface area contributed by atoms with Gasteiger partial charge in [-0.25, -0.2) is 8.78 Å². The van der Waals surface area contributed by atoms with E-state index in [2.05, 4.69) is 6.92 Å². The van der Waals surface area contributed by atoms with Crippen LogP contribution in [0.5, 0.6) is 0 Å². The number of halogens is 3. The maximum Gasteiger partial charge on any atom is 0.139 e. The highest BCUT2D eigenvalue weighted by Gasteiger charge is 2.23. The van der Waals surface area contributed by atoms with Crippen molar-refractivity contribution in [2.24, 2.45) is 5.92 Å². The molecule has 0 atom stereocenters. The first-order valence-corrected chi connectivity index (χ1v) is 8.84. The minimum absolute atomic E-state index is 0.111. The van der Waals surface area contributed by atoms with E-state index in [0.29, 0.717) is 5.92 Å². The summed E-state index contributed by atoms with van der Waals surface area (Å²) in [6.07, 6.45) is 9.85. The molecular weight excluding hydrogens is 369 g/mol. The Hall–Kier alpha value is -0.190. The second-order valence-electron chi connectivity index (χ2n) is 6.01. The Kier molecular flexibility index (Phi) is 6.24. The molecule has 0 aliphatic heterocycles. The normalized spacial score (nSPS) is 23.0. The van der Waals surface area contributed by atoms with Crippen LogP contribution in [0.4, 0.5) is 8.78 Å². The van der Waals surface area contributed by atoms with E-state index in [1.165, 1.54) is 50.7 Å². The summed E-state index contributed by atoms with van der Waals surface area (Å²) in [7, 11) is 0. The van der Waals surface area contributed by atoms with E-state index in [1.54, 1.807) is 22.6 Å². The highest BCUT2D eigenvalue weighted by atomic mass is 127. The van der Waals surface area contributed by atoms with E-state index >= 15 is 0 Å². The molecule has 0 aromatic heterocycles. The first-order chi connectivity index (χ1) is 9.61. The number of benzene rings is 1. The zero-order chi connectivity index (χ0) is 14.5. The first-order valence-electron chi connectivity index (χ1n) is 7.76. The van der Waals surface area contributed by atoms with E-state index in [0.717, 1.165) is 24.3 Å². The van der Waals surface area contributed by atoms with Crippen molar-refractivity contribution in [1.29, 1.82) is 0 Å². The third kappa shape index (κ3) is 4.15. The van der Waals surface area contributed by atoms with Gasteiger partial charge in [0.2, 0.25) is 0 Å². The summed E-state index contributed by atoms with van der Waals surface area (Å²) in [5.41, 5.74) is 0.854. The number of unbranched alkanes of at least 4 members (excludes halogenated alkanes) is 2. The van der Waals surface area contributed by atoms with Crippen LogP contribution in [0.1, 0.15) is 69.8 Å². The molecule has 0 heterocycles. The van der Waals surface area contributed by atoms with Gasteiger partial charge in [-0.1, -0.05) is 32.6 Å². The molecule has 0 unspecified atom stereocenters. The molecule has 0 spiro atoms. The summed E-state index contributed by atoms with van der Waals surface area (Å²) < 4.78 is 27.4. The first kappa shape index (κ1) is 16.2. The van der Waals surface area contributed by atoms with Gasteiger partial charge in [-0.05, 0) is 77.8 Å². The molecule has 1 saturated carbocycles. The molecule has 0 bridgehead atoms. The van der Waals surface area contributed by atoms with E-state index < -0.39 is 11.6 Å². The third-order valence-corrected chi connectivity index (χ3v) is 5.57. The maximum absolute atomic E-state index is 13.6.